The molecule has 2 aromatic carbocycles. The summed E-state index contributed by atoms with van der Waals surface area (Å²) in [5, 5.41) is 14.8. The molecule has 7 heteroatoms. The van der Waals surface area contributed by atoms with Gasteiger partial charge in [0.25, 0.3) is 5.91 Å². The summed E-state index contributed by atoms with van der Waals surface area (Å²) in [5.41, 5.74) is 2.33. The van der Waals surface area contributed by atoms with Crippen molar-refractivity contribution >= 4 is 35.0 Å². The van der Waals surface area contributed by atoms with Gasteiger partial charge in [0.05, 0.1) is 17.9 Å². The van der Waals surface area contributed by atoms with Gasteiger partial charge in [0.2, 0.25) is 0 Å². The molecule has 0 aromatic heterocycles. The van der Waals surface area contributed by atoms with Crippen molar-refractivity contribution in [2.24, 2.45) is 5.10 Å². The Kier molecular flexibility index (Phi) is 5.44. The molecule has 1 heterocycles. The van der Waals surface area contributed by atoms with E-state index in [0.29, 0.717) is 5.69 Å². The first-order valence-electron chi connectivity index (χ1n) is 8.79. The zero-order chi connectivity index (χ0) is 20.3. The second-order valence-corrected chi connectivity index (χ2v) is 6.35. The number of ether oxygens (including phenoxy) is 1. The first-order valence-corrected chi connectivity index (χ1v) is 8.79. The number of hydrogen-bond donors (Lipinski definition) is 1. The van der Waals surface area contributed by atoms with Gasteiger partial charge in [-0.3, -0.25) is 4.79 Å². The van der Waals surface area contributed by atoms with Crippen molar-refractivity contribution in [3.63, 3.8) is 0 Å². The van der Waals surface area contributed by atoms with E-state index >= 15 is 0 Å². The molecule has 0 saturated heterocycles. The summed E-state index contributed by atoms with van der Waals surface area (Å²) in [6, 6.07) is 13.6. The Hall–Kier alpha value is -3.61. The van der Waals surface area contributed by atoms with Gasteiger partial charge in [0, 0.05) is 19.8 Å². The van der Waals surface area contributed by atoms with Gasteiger partial charge in [0.1, 0.15) is 5.75 Å². The van der Waals surface area contributed by atoms with Gasteiger partial charge >= 0.3 is 5.97 Å². The van der Waals surface area contributed by atoms with Crippen LogP contribution in [0.1, 0.15) is 12.5 Å². The van der Waals surface area contributed by atoms with Crippen LogP contribution in [0.4, 0.5) is 11.4 Å². The van der Waals surface area contributed by atoms with Crippen LogP contribution in [-0.4, -0.2) is 43.4 Å². The van der Waals surface area contributed by atoms with Gasteiger partial charge in [-0.05, 0) is 55.0 Å². The largest absolute Gasteiger partial charge is 0.508 e. The van der Waals surface area contributed by atoms with Crippen LogP contribution in [0.2, 0.25) is 0 Å². The first-order chi connectivity index (χ1) is 13.4. The molecule has 1 aliphatic rings. The lowest BCUT2D eigenvalue weighted by molar-refractivity contribution is -0.135. The maximum Gasteiger partial charge on any atom is 0.359 e. The molecule has 0 radical (unpaired) electrons. The van der Waals surface area contributed by atoms with Crippen LogP contribution in [0, 0.1) is 0 Å². The van der Waals surface area contributed by atoms with Crippen molar-refractivity contribution in [1.29, 1.82) is 0 Å². The number of rotatable bonds is 5. The van der Waals surface area contributed by atoms with Gasteiger partial charge < -0.3 is 14.7 Å². The normalized spacial score (nSPS) is 15.0. The highest BCUT2D eigenvalue weighted by Gasteiger charge is 2.36. The average Bonchev–Trinajstić information content (AvgIpc) is 3.00. The molecule has 0 fully saturated rings. The van der Waals surface area contributed by atoms with Crippen molar-refractivity contribution in [3.8, 4) is 5.75 Å². The molecule has 28 heavy (non-hydrogen) atoms. The molecule has 0 saturated carbocycles. The highest BCUT2D eigenvalue weighted by atomic mass is 16.5. The predicted octanol–water partition coefficient (Wildman–Crippen LogP) is 2.81. The summed E-state index contributed by atoms with van der Waals surface area (Å²) >= 11 is 0. The monoisotopic (exact) mass is 379 g/mol. The molecule has 1 aliphatic heterocycles. The number of aromatic hydroxyl groups is 1. The fourth-order valence-electron chi connectivity index (χ4n) is 2.70. The summed E-state index contributed by atoms with van der Waals surface area (Å²) in [6.07, 6.45) is 1.62. The van der Waals surface area contributed by atoms with Crippen molar-refractivity contribution in [1.82, 2.24) is 0 Å². The molecule has 0 atom stereocenters. The Bertz CT molecular complexity index is 945. The van der Waals surface area contributed by atoms with E-state index in [4.69, 9.17) is 4.74 Å². The number of phenolic OH excluding ortho intramolecular Hbond substituents is 1. The van der Waals surface area contributed by atoms with Crippen molar-refractivity contribution in [3.05, 3.63) is 59.7 Å². The van der Waals surface area contributed by atoms with Gasteiger partial charge in [-0.1, -0.05) is 12.1 Å². The van der Waals surface area contributed by atoms with Crippen LogP contribution < -0.4 is 9.91 Å². The molecule has 0 unspecified atom stereocenters. The standard InChI is InChI=1S/C21H21N3O4/c1-4-28-21(27)19-18(13-14-5-7-15(8-6-14)23(2)3)20(26)24(22-19)16-9-11-17(25)12-10-16/h5-13,25H,4H2,1-3H3/b18-13-. The molecule has 1 N–H and O–H groups in total. The molecular formula is C21H21N3O4. The quantitative estimate of drug-likeness (QED) is 0.638. The highest BCUT2D eigenvalue weighted by Crippen LogP contribution is 2.27. The molecule has 3 rings (SSSR count). The lowest BCUT2D eigenvalue weighted by atomic mass is 10.1. The molecule has 1 amide bonds. The van der Waals surface area contributed by atoms with E-state index in [2.05, 4.69) is 5.10 Å². The highest BCUT2D eigenvalue weighted by molar-refractivity contribution is 6.54. The number of hydrazone groups is 1. The topological polar surface area (TPSA) is 82.4 Å². The molecule has 7 nitrogen and oxygen atoms in total. The summed E-state index contributed by atoms with van der Waals surface area (Å²) in [7, 11) is 3.88. The summed E-state index contributed by atoms with van der Waals surface area (Å²) in [4.78, 5) is 27.3. The van der Waals surface area contributed by atoms with E-state index in [-0.39, 0.29) is 23.6 Å². The number of phenols is 1. The number of anilines is 2. The Balaban J connectivity index is 2.00. The average molecular weight is 379 g/mol. The third-order valence-electron chi connectivity index (χ3n) is 4.16. The minimum atomic E-state index is -0.659. The summed E-state index contributed by atoms with van der Waals surface area (Å²) < 4.78 is 5.06. The number of esters is 1. The van der Waals surface area contributed by atoms with Crippen LogP contribution in [-0.2, 0) is 14.3 Å². The van der Waals surface area contributed by atoms with Crippen LogP contribution in [0.25, 0.3) is 6.08 Å². The SMILES string of the molecule is CCOC(=O)C1=NN(c2ccc(O)cc2)C(=O)/C1=C\c1ccc(N(C)C)cc1. The molecule has 2 aromatic rings. The van der Waals surface area contributed by atoms with E-state index in [1.807, 2.05) is 43.3 Å². The van der Waals surface area contributed by atoms with E-state index in [9.17, 15) is 14.7 Å². The van der Waals surface area contributed by atoms with Crippen molar-refractivity contribution < 1.29 is 19.4 Å². The number of hydrogen-bond acceptors (Lipinski definition) is 6. The fraction of sp³-hybridized carbons (Fsp3) is 0.190. The van der Waals surface area contributed by atoms with E-state index in [0.717, 1.165) is 16.3 Å². The Morgan fingerprint density at radius 3 is 2.36 bits per heavy atom. The van der Waals surface area contributed by atoms with Crippen molar-refractivity contribution in [2.45, 2.75) is 6.92 Å². The minimum Gasteiger partial charge on any atom is -0.508 e. The first kappa shape index (κ1) is 19.2. The molecule has 0 bridgehead atoms. The summed E-state index contributed by atoms with van der Waals surface area (Å²) in [5.74, 6) is -1.03. The van der Waals surface area contributed by atoms with E-state index < -0.39 is 11.9 Å². The van der Waals surface area contributed by atoms with Crippen LogP contribution >= 0.6 is 0 Å². The molecule has 0 spiro atoms. The Morgan fingerprint density at radius 2 is 1.79 bits per heavy atom. The van der Waals surface area contributed by atoms with Crippen LogP contribution in [0.5, 0.6) is 5.75 Å². The summed E-state index contributed by atoms with van der Waals surface area (Å²) in [6.45, 7) is 1.87. The van der Waals surface area contributed by atoms with E-state index in [1.165, 1.54) is 12.1 Å². The van der Waals surface area contributed by atoms with E-state index in [1.54, 1.807) is 25.1 Å². The zero-order valence-corrected chi connectivity index (χ0v) is 15.9. The number of carbonyl (C=O) groups excluding carboxylic acids is 2. The number of carbonyl (C=O) groups is 2. The maximum atomic E-state index is 13.0. The zero-order valence-electron chi connectivity index (χ0n) is 15.9. The van der Waals surface area contributed by atoms with Gasteiger partial charge in [-0.2, -0.15) is 10.1 Å². The number of amides is 1. The molecular weight excluding hydrogens is 358 g/mol. The number of nitrogens with zero attached hydrogens (tertiary/aromatic N) is 3. The fourth-order valence-corrected chi connectivity index (χ4v) is 2.70. The van der Waals surface area contributed by atoms with Crippen molar-refractivity contribution in [2.75, 3.05) is 30.6 Å². The third kappa shape index (κ3) is 3.88. The lowest BCUT2D eigenvalue weighted by Crippen LogP contribution is -2.22. The minimum absolute atomic E-state index is 0.0448. The second-order valence-electron chi connectivity index (χ2n) is 6.35. The van der Waals surface area contributed by atoms with Crippen LogP contribution in [0.15, 0.2) is 59.2 Å². The predicted molar refractivity (Wildman–Crippen MR) is 108 cm³/mol. The third-order valence-corrected chi connectivity index (χ3v) is 4.16. The smallest absolute Gasteiger partial charge is 0.359 e. The number of benzene rings is 2. The van der Waals surface area contributed by atoms with Crippen LogP contribution in [0.3, 0.4) is 0 Å². The Labute approximate surface area is 163 Å². The van der Waals surface area contributed by atoms with Gasteiger partial charge in [0.15, 0.2) is 5.71 Å². The van der Waals surface area contributed by atoms with Gasteiger partial charge in [-0.25, -0.2) is 4.79 Å². The molecule has 144 valence electrons. The lowest BCUT2D eigenvalue weighted by Gasteiger charge is -2.12. The molecule has 0 aliphatic carbocycles. The Morgan fingerprint density at radius 1 is 1.14 bits per heavy atom. The second kappa shape index (κ2) is 7.96. The maximum absolute atomic E-state index is 13.0. The van der Waals surface area contributed by atoms with Gasteiger partial charge in [-0.15, -0.1) is 0 Å².